The highest BCUT2D eigenvalue weighted by Crippen LogP contribution is 1.91. The molecule has 3 N–H and O–H groups in total. The number of hydrogen-bond donors (Lipinski definition) is 2. The summed E-state index contributed by atoms with van der Waals surface area (Å²) in [4.78, 5) is 11.5. The average molecular weight is 241 g/mol. The maximum atomic E-state index is 11.5. The molecule has 1 amide bonds. The Bertz CT molecular complexity index is 339. The molecule has 0 saturated heterocycles. The highest BCUT2D eigenvalue weighted by molar-refractivity contribution is 5.75. The Balaban J connectivity index is 2.16. The third kappa shape index (κ3) is 5.41. The van der Waals surface area contributed by atoms with Gasteiger partial charge in [-0.1, -0.05) is 5.21 Å². The van der Waals surface area contributed by atoms with E-state index in [1.54, 1.807) is 13.3 Å². The minimum Gasteiger partial charge on any atom is -0.385 e. The molecule has 0 bridgehead atoms. The van der Waals surface area contributed by atoms with E-state index >= 15 is 0 Å². The SMILES string of the molecule is COCCCCNC(=O)Cn1cc(CN)nn1. The Morgan fingerprint density at radius 2 is 2.41 bits per heavy atom. The zero-order valence-electron chi connectivity index (χ0n) is 10.1. The second kappa shape index (κ2) is 7.75. The van der Waals surface area contributed by atoms with Gasteiger partial charge in [0.1, 0.15) is 6.54 Å². The van der Waals surface area contributed by atoms with Crippen molar-refractivity contribution >= 4 is 5.91 Å². The molecule has 0 aliphatic rings. The third-order valence-electron chi connectivity index (χ3n) is 2.20. The van der Waals surface area contributed by atoms with Crippen molar-refractivity contribution in [2.75, 3.05) is 20.3 Å². The molecule has 0 aromatic carbocycles. The van der Waals surface area contributed by atoms with Crippen LogP contribution in [0.4, 0.5) is 0 Å². The number of unbranched alkanes of at least 4 members (excludes halogenated alkanes) is 1. The van der Waals surface area contributed by atoms with Gasteiger partial charge in [0.05, 0.1) is 11.9 Å². The van der Waals surface area contributed by atoms with Crippen molar-refractivity contribution in [3.63, 3.8) is 0 Å². The van der Waals surface area contributed by atoms with Crippen LogP contribution < -0.4 is 11.1 Å². The summed E-state index contributed by atoms with van der Waals surface area (Å²) in [5, 5.41) is 10.4. The average Bonchev–Trinajstić information content (AvgIpc) is 2.76. The van der Waals surface area contributed by atoms with Gasteiger partial charge in [-0.15, -0.1) is 5.10 Å². The molecule has 1 aromatic heterocycles. The Morgan fingerprint density at radius 3 is 3.06 bits per heavy atom. The number of amides is 1. The summed E-state index contributed by atoms with van der Waals surface area (Å²) in [5.41, 5.74) is 6.07. The van der Waals surface area contributed by atoms with Crippen molar-refractivity contribution in [2.45, 2.75) is 25.9 Å². The van der Waals surface area contributed by atoms with Gasteiger partial charge in [-0.05, 0) is 12.8 Å². The predicted molar refractivity (Wildman–Crippen MR) is 62.0 cm³/mol. The van der Waals surface area contributed by atoms with Crippen LogP contribution >= 0.6 is 0 Å². The first-order chi connectivity index (χ1) is 8.26. The van der Waals surface area contributed by atoms with Crippen molar-refractivity contribution in [1.29, 1.82) is 0 Å². The van der Waals surface area contributed by atoms with E-state index in [1.165, 1.54) is 4.68 Å². The van der Waals surface area contributed by atoms with E-state index in [1.807, 2.05) is 0 Å². The molecule has 0 aliphatic heterocycles. The van der Waals surface area contributed by atoms with E-state index in [0.29, 0.717) is 18.8 Å². The molecule has 1 aromatic rings. The van der Waals surface area contributed by atoms with Crippen molar-refractivity contribution in [1.82, 2.24) is 20.3 Å². The van der Waals surface area contributed by atoms with Gasteiger partial charge in [0.15, 0.2) is 0 Å². The third-order valence-corrected chi connectivity index (χ3v) is 2.20. The van der Waals surface area contributed by atoms with Crippen LogP contribution in [0.25, 0.3) is 0 Å². The van der Waals surface area contributed by atoms with E-state index < -0.39 is 0 Å². The minimum atomic E-state index is -0.0733. The highest BCUT2D eigenvalue weighted by Gasteiger charge is 2.04. The van der Waals surface area contributed by atoms with Gasteiger partial charge in [0.25, 0.3) is 0 Å². The van der Waals surface area contributed by atoms with Crippen molar-refractivity contribution in [3.8, 4) is 0 Å². The number of hydrogen-bond acceptors (Lipinski definition) is 5. The van der Waals surface area contributed by atoms with Crippen LogP contribution in [0.1, 0.15) is 18.5 Å². The van der Waals surface area contributed by atoms with Crippen LogP contribution in [0.15, 0.2) is 6.20 Å². The number of ether oxygens (including phenoxy) is 1. The predicted octanol–water partition coefficient (Wildman–Crippen LogP) is -0.720. The number of carbonyl (C=O) groups excluding carboxylic acids is 1. The van der Waals surface area contributed by atoms with Crippen LogP contribution in [0.5, 0.6) is 0 Å². The molecule has 17 heavy (non-hydrogen) atoms. The molecule has 1 heterocycles. The van der Waals surface area contributed by atoms with Crippen molar-refractivity contribution in [3.05, 3.63) is 11.9 Å². The standard InChI is InChI=1S/C10H19N5O2/c1-17-5-3-2-4-12-10(16)8-15-7-9(6-11)13-14-15/h7H,2-6,8,11H2,1H3,(H,12,16). The van der Waals surface area contributed by atoms with Gasteiger partial charge in [-0.25, -0.2) is 4.68 Å². The summed E-state index contributed by atoms with van der Waals surface area (Å²) >= 11 is 0. The monoisotopic (exact) mass is 241 g/mol. The Kier molecular flexibility index (Phi) is 6.19. The molecule has 0 spiro atoms. The van der Waals surface area contributed by atoms with Crippen LogP contribution in [0, 0.1) is 0 Å². The van der Waals surface area contributed by atoms with Crippen molar-refractivity contribution < 1.29 is 9.53 Å². The van der Waals surface area contributed by atoms with Crippen molar-refractivity contribution in [2.24, 2.45) is 5.73 Å². The second-order valence-corrected chi connectivity index (χ2v) is 3.66. The molecule has 0 atom stereocenters. The Hall–Kier alpha value is -1.47. The number of rotatable bonds is 8. The Labute approximate surface area is 100 Å². The molecule has 7 nitrogen and oxygen atoms in total. The first-order valence-corrected chi connectivity index (χ1v) is 5.61. The fourth-order valence-electron chi connectivity index (χ4n) is 1.31. The number of nitrogens with one attached hydrogen (secondary N) is 1. The van der Waals surface area contributed by atoms with E-state index in [9.17, 15) is 4.79 Å². The van der Waals surface area contributed by atoms with E-state index in [0.717, 1.165) is 19.4 Å². The van der Waals surface area contributed by atoms with Crippen LogP contribution in [0.3, 0.4) is 0 Å². The van der Waals surface area contributed by atoms with E-state index in [-0.39, 0.29) is 12.5 Å². The lowest BCUT2D eigenvalue weighted by atomic mass is 10.3. The molecule has 0 radical (unpaired) electrons. The molecule has 7 heteroatoms. The normalized spacial score (nSPS) is 10.5. The fourth-order valence-corrected chi connectivity index (χ4v) is 1.31. The van der Waals surface area contributed by atoms with Crippen LogP contribution in [-0.2, 0) is 22.6 Å². The van der Waals surface area contributed by atoms with Gasteiger partial charge >= 0.3 is 0 Å². The van der Waals surface area contributed by atoms with E-state index in [4.69, 9.17) is 10.5 Å². The quantitative estimate of drug-likeness (QED) is 0.586. The lowest BCUT2D eigenvalue weighted by Crippen LogP contribution is -2.28. The highest BCUT2D eigenvalue weighted by atomic mass is 16.5. The number of methoxy groups -OCH3 is 1. The van der Waals surface area contributed by atoms with Gasteiger partial charge in [0, 0.05) is 26.8 Å². The molecule has 0 saturated carbocycles. The largest absolute Gasteiger partial charge is 0.385 e. The molecular weight excluding hydrogens is 222 g/mol. The van der Waals surface area contributed by atoms with Gasteiger partial charge in [-0.3, -0.25) is 4.79 Å². The molecule has 0 unspecified atom stereocenters. The van der Waals surface area contributed by atoms with Gasteiger partial charge in [-0.2, -0.15) is 0 Å². The zero-order valence-corrected chi connectivity index (χ0v) is 10.1. The molecular formula is C10H19N5O2. The van der Waals surface area contributed by atoms with E-state index in [2.05, 4.69) is 15.6 Å². The lowest BCUT2D eigenvalue weighted by Gasteiger charge is -2.04. The van der Waals surface area contributed by atoms with Crippen LogP contribution in [-0.4, -0.2) is 41.2 Å². The molecule has 1 rings (SSSR count). The summed E-state index contributed by atoms with van der Waals surface area (Å²) in [6.45, 7) is 1.88. The first-order valence-electron chi connectivity index (χ1n) is 5.61. The van der Waals surface area contributed by atoms with Crippen LogP contribution in [0.2, 0.25) is 0 Å². The summed E-state index contributed by atoms with van der Waals surface area (Å²) in [6.07, 6.45) is 3.52. The number of aromatic nitrogens is 3. The zero-order chi connectivity index (χ0) is 12.5. The minimum absolute atomic E-state index is 0.0733. The summed E-state index contributed by atoms with van der Waals surface area (Å²) in [7, 11) is 1.67. The summed E-state index contributed by atoms with van der Waals surface area (Å²) < 4.78 is 6.39. The first kappa shape index (κ1) is 13.6. The fraction of sp³-hybridized carbons (Fsp3) is 0.700. The lowest BCUT2D eigenvalue weighted by molar-refractivity contribution is -0.121. The van der Waals surface area contributed by atoms with Gasteiger partial charge in [0.2, 0.25) is 5.91 Å². The molecule has 0 aliphatic carbocycles. The maximum Gasteiger partial charge on any atom is 0.241 e. The Morgan fingerprint density at radius 1 is 1.59 bits per heavy atom. The number of carbonyl (C=O) groups is 1. The maximum absolute atomic E-state index is 11.5. The number of nitrogens with two attached hydrogens (primary N) is 1. The topological polar surface area (TPSA) is 95.1 Å². The smallest absolute Gasteiger partial charge is 0.241 e. The summed E-state index contributed by atoms with van der Waals surface area (Å²) in [5.74, 6) is -0.0733. The molecule has 0 fully saturated rings. The summed E-state index contributed by atoms with van der Waals surface area (Å²) in [6, 6.07) is 0. The second-order valence-electron chi connectivity index (χ2n) is 3.66. The molecule has 96 valence electrons. The number of nitrogens with zero attached hydrogens (tertiary/aromatic N) is 3. The van der Waals surface area contributed by atoms with Gasteiger partial charge < -0.3 is 15.8 Å².